The van der Waals surface area contributed by atoms with Crippen LogP contribution in [0.4, 0.5) is 10.5 Å². The molecule has 1 aromatic carbocycles. The van der Waals surface area contributed by atoms with Crippen LogP contribution in [-0.2, 0) is 4.74 Å². The number of halogens is 1. The number of carbonyl (C=O) groups is 1. The normalized spacial score (nSPS) is 22.0. The summed E-state index contributed by atoms with van der Waals surface area (Å²) in [5.74, 6) is 0.845. The van der Waals surface area contributed by atoms with Crippen molar-refractivity contribution in [3.63, 3.8) is 0 Å². The summed E-state index contributed by atoms with van der Waals surface area (Å²) < 4.78 is 11.6. The van der Waals surface area contributed by atoms with Gasteiger partial charge in [0.15, 0.2) is 0 Å². The van der Waals surface area contributed by atoms with E-state index < -0.39 is 0 Å². The maximum absolute atomic E-state index is 12.5. The first-order valence-corrected chi connectivity index (χ1v) is 11.7. The summed E-state index contributed by atoms with van der Waals surface area (Å²) in [6.07, 6.45) is 12.8. The molecule has 5 nitrogen and oxygen atoms in total. The van der Waals surface area contributed by atoms with Gasteiger partial charge in [-0.25, -0.2) is 4.79 Å². The van der Waals surface area contributed by atoms with E-state index in [4.69, 9.17) is 9.47 Å². The summed E-state index contributed by atoms with van der Waals surface area (Å²) in [6, 6.07) is 7.97. The van der Waals surface area contributed by atoms with Crippen molar-refractivity contribution in [1.82, 2.24) is 4.90 Å². The summed E-state index contributed by atoms with van der Waals surface area (Å²) in [6.45, 7) is 5.24. The number of nitrogens with one attached hydrogen (secondary N) is 1. The number of anilines is 1. The number of piperidine rings is 1. The Balaban J connectivity index is 0.00000320. The van der Waals surface area contributed by atoms with Gasteiger partial charge in [-0.2, -0.15) is 0 Å². The van der Waals surface area contributed by atoms with Crippen molar-refractivity contribution >= 4 is 24.2 Å². The molecular formula is C24H39ClN2O3. The van der Waals surface area contributed by atoms with Crippen LogP contribution in [-0.4, -0.2) is 42.8 Å². The Morgan fingerprint density at radius 2 is 1.73 bits per heavy atom. The van der Waals surface area contributed by atoms with E-state index in [1.807, 2.05) is 24.3 Å². The molecule has 1 saturated heterocycles. The van der Waals surface area contributed by atoms with E-state index >= 15 is 0 Å². The minimum absolute atomic E-state index is 0. The Kier molecular flexibility index (Phi) is 11.4. The topological polar surface area (TPSA) is 50.8 Å². The molecule has 1 aromatic rings. The molecule has 1 N–H and O–H groups in total. The minimum Gasteiger partial charge on any atom is -0.494 e. The zero-order valence-electron chi connectivity index (χ0n) is 18.4. The van der Waals surface area contributed by atoms with Gasteiger partial charge in [-0.15, -0.1) is 12.4 Å². The highest BCUT2D eigenvalue weighted by Crippen LogP contribution is 2.28. The molecule has 0 aromatic heterocycles. The van der Waals surface area contributed by atoms with Crippen LogP contribution in [0.5, 0.6) is 5.75 Å². The number of unbranched alkanes of at least 4 members (excludes halogenated alkanes) is 3. The number of likely N-dealkylation sites (tertiary alicyclic amines) is 1. The van der Waals surface area contributed by atoms with Crippen LogP contribution in [0.3, 0.4) is 0 Å². The summed E-state index contributed by atoms with van der Waals surface area (Å²) in [5, 5.41) is 2.89. The lowest BCUT2D eigenvalue weighted by Gasteiger charge is -2.41. The van der Waals surface area contributed by atoms with Gasteiger partial charge in [0.05, 0.1) is 6.61 Å². The standard InChI is InChI=1S/C24H38N2O3.ClH/c1-2-3-4-10-19-28-21-15-13-20(14-16-21)25-24(27)29-23-12-7-6-11-22(23)26-17-8-5-9-18-26;/h13-16,22-23H,2-12,17-19H2,1H3,(H,25,27);1H/t22-,23+;/m0./s1. The third kappa shape index (κ3) is 7.99. The first-order valence-electron chi connectivity index (χ1n) is 11.7. The fourth-order valence-electron chi connectivity index (χ4n) is 4.52. The fourth-order valence-corrected chi connectivity index (χ4v) is 4.52. The predicted molar refractivity (Wildman–Crippen MR) is 125 cm³/mol. The summed E-state index contributed by atoms with van der Waals surface area (Å²) in [4.78, 5) is 15.0. The monoisotopic (exact) mass is 438 g/mol. The van der Waals surface area contributed by atoms with E-state index in [0.717, 1.165) is 56.8 Å². The Bertz CT molecular complexity index is 605. The number of hydrogen-bond acceptors (Lipinski definition) is 4. The highest BCUT2D eigenvalue weighted by Gasteiger charge is 2.33. The molecule has 1 aliphatic carbocycles. The van der Waals surface area contributed by atoms with Crippen LogP contribution in [0.2, 0.25) is 0 Å². The SMILES string of the molecule is CCCCCCOc1ccc(NC(=O)O[C@@H]2CCCC[C@@H]2N2CCCCC2)cc1.Cl. The number of rotatable bonds is 9. The molecular weight excluding hydrogens is 400 g/mol. The van der Waals surface area contributed by atoms with Crippen LogP contribution in [0, 0.1) is 0 Å². The van der Waals surface area contributed by atoms with Crippen molar-refractivity contribution in [1.29, 1.82) is 0 Å². The second-order valence-electron chi connectivity index (χ2n) is 8.45. The molecule has 2 atom stereocenters. The summed E-state index contributed by atoms with van der Waals surface area (Å²) >= 11 is 0. The Labute approximate surface area is 188 Å². The molecule has 2 aliphatic rings. The number of ether oxygens (including phenoxy) is 2. The van der Waals surface area contributed by atoms with E-state index in [2.05, 4.69) is 17.1 Å². The van der Waals surface area contributed by atoms with Crippen molar-refractivity contribution in [3.8, 4) is 5.75 Å². The highest BCUT2D eigenvalue weighted by atomic mass is 35.5. The highest BCUT2D eigenvalue weighted by molar-refractivity contribution is 5.85. The smallest absolute Gasteiger partial charge is 0.411 e. The second kappa shape index (κ2) is 13.8. The van der Waals surface area contributed by atoms with E-state index in [0.29, 0.717) is 6.04 Å². The van der Waals surface area contributed by atoms with Gasteiger partial charge in [0.25, 0.3) is 0 Å². The van der Waals surface area contributed by atoms with E-state index in [1.165, 1.54) is 44.9 Å². The summed E-state index contributed by atoms with van der Waals surface area (Å²) in [5.41, 5.74) is 0.749. The zero-order valence-corrected chi connectivity index (χ0v) is 19.3. The molecule has 1 heterocycles. The van der Waals surface area contributed by atoms with Crippen molar-refractivity contribution < 1.29 is 14.3 Å². The van der Waals surface area contributed by atoms with Gasteiger partial charge in [0.1, 0.15) is 11.9 Å². The van der Waals surface area contributed by atoms with Crippen LogP contribution >= 0.6 is 12.4 Å². The number of carbonyl (C=O) groups excluding carboxylic acids is 1. The van der Waals surface area contributed by atoms with Crippen LogP contribution in [0.25, 0.3) is 0 Å². The van der Waals surface area contributed by atoms with Gasteiger partial charge >= 0.3 is 6.09 Å². The zero-order chi connectivity index (χ0) is 20.3. The maximum atomic E-state index is 12.5. The van der Waals surface area contributed by atoms with Crippen molar-refractivity contribution in [2.75, 3.05) is 25.0 Å². The van der Waals surface area contributed by atoms with Crippen molar-refractivity contribution in [2.45, 2.75) is 89.7 Å². The van der Waals surface area contributed by atoms with Gasteiger partial charge in [-0.1, -0.05) is 39.0 Å². The molecule has 3 rings (SSSR count). The van der Waals surface area contributed by atoms with Crippen molar-refractivity contribution in [3.05, 3.63) is 24.3 Å². The number of amides is 1. The molecule has 0 radical (unpaired) electrons. The van der Waals surface area contributed by atoms with Crippen molar-refractivity contribution in [2.24, 2.45) is 0 Å². The molecule has 2 fully saturated rings. The molecule has 0 spiro atoms. The Hall–Kier alpha value is -1.46. The van der Waals surface area contributed by atoms with Gasteiger partial charge in [-0.05, 0) is 75.9 Å². The van der Waals surface area contributed by atoms with Crippen LogP contribution in [0.15, 0.2) is 24.3 Å². The number of nitrogens with zero attached hydrogens (tertiary/aromatic N) is 1. The largest absolute Gasteiger partial charge is 0.494 e. The minimum atomic E-state index is -0.341. The first-order chi connectivity index (χ1) is 14.3. The van der Waals surface area contributed by atoms with Gasteiger partial charge in [-0.3, -0.25) is 10.2 Å². The van der Waals surface area contributed by atoms with Gasteiger partial charge < -0.3 is 9.47 Å². The number of benzene rings is 1. The van der Waals surface area contributed by atoms with E-state index in [-0.39, 0.29) is 24.6 Å². The summed E-state index contributed by atoms with van der Waals surface area (Å²) in [7, 11) is 0. The molecule has 30 heavy (non-hydrogen) atoms. The molecule has 0 unspecified atom stereocenters. The lowest BCUT2D eigenvalue weighted by atomic mass is 9.90. The molecule has 0 bridgehead atoms. The third-order valence-electron chi connectivity index (χ3n) is 6.15. The van der Waals surface area contributed by atoms with Crippen LogP contribution in [0.1, 0.15) is 77.6 Å². The maximum Gasteiger partial charge on any atom is 0.411 e. The third-order valence-corrected chi connectivity index (χ3v) is 6.15. The molecule has 170 valence electrons. The Morgan fingerprint density at radius 3 is 2.47 bits per heavy atom. The molecule has 1 aliphatic heterocycles. The second-order valence-corrected chi connectivity index (χ2v) is 8.45. The quantitative estimate of drug-likeness (QED) is 0.452. The number of hydrogen-bond donors (Lipinski definition) is 1. The Morgan fingerprint density at radius 1 is 1.00 bits per heavy atom. The molecule has 1 saturated carbocycles. The predicted octanol–water partition coefficient (Wildman–Crippen LogP) is 6.41. The average Bonchev–Trinajstić information content (AvgIpc) is 2.76. The molecule has 6 heteroatoms. The van der Waals surface area contributed by atoms with Gasteiger partial charge in [0, 0.05) is 11.7 Å². The van der Waals surface area contributed by atoms with Crippen LogP contribution < -0.4 is 10.1 Å². The first kappa shape index (κ1) is 24.8. The van der Waals surface area contributed by atoms with Gasteiger partial charge in [0.2, 0.25) is 0 Å². The molecule has 1 amide bonds. The lowest BCUT2D eigenvalue weighted by molar-refractivity contribution is 0.00174. The lowest BCUT2D eigenvalue weighted by Crippen LogP contribution is -2.49. The van der Waals surface area contributed by atoms with E-state index in [1.54, 1.807) is 0 Å². The average molecular weight is 439 g/mol. The fraction of sp³-hybridized carbons (Fsp3) is 0.708. The van der Waals surface area contributed by atoms with E-state index in [9.17, 15) is 4.79 Å².